The van der Waals surface area contributed by atoms with Gasteiger partial charge in [-0.1, -0.05) is 36.1 Å². The Labute approximate surface area is 104 Å². The van der Waals surface area contributed by atoms with E-state index in [-0.39, 0.29) is 11.4 Å². The second-order valence-corrected chi connectivity index (χ2v) is 6.56. The van der Waals surface area contributed by atoms with Crippen LogP contribution in [-0.2, 0) is 4.57 Å². The molecule has 17 heavy (non-hydrogen) atoms. The van der Waals surface area contributed by atoms with E-state index in [9.17, 15) is 9.36 Å². The third-order valence-corrected chi connectivity index (χ3v) is 4.39. The Balaban J connectivity index is 3.09. The Bertz CT molecular complexity index is 438. The number of benzene rings is 1. The minimum atomic E-state index is -1.79. The van der Waals surface area contributed by atoms with Gasteiger partial charge in [-0.15, -0.1) is 0 Å². The van der Waals surface area contributed by atoms with Crippen molar-refractivity contribution < 1.29 is 9.36 Å². The SMILES string of the molecule is Cc1cc(C)c(C(=O)[P+](=O)CC(C)C)c(C)c1. The first-order valence-electron chi connectivity index (χ1n) is 5.89. The van der Waals surface area contributed by atoms with E-state index >= 15 is 0 Å². The van der Waals surface area contributed by atoms with Crippen LogP contribution in [0.2, 0.25) is 0 Å². The zero-order valence-electron chi connectivity index (χ0n) is 11.2. The fourth-order valence-corrected chi connectivity index (χ4v) is 3.49. The average molecular weight is 251 g/mol. The summed E-state index contributed by atoms with van der Waals surface area (Å²) in [6, 6.07) is 3.94. The van der Waals surface area contributed by atoms with Crippen LogP contribution in [0.15, 0.2) is 12.1 Å². The van der Waals surface area contributed by atoms with E-state index in [1.807, 2.05) is 46.8 Å². The largest absolute Gasteiger partial charge is 0.420 e. The summed E-state index contributed by atoms with van der Waals surface area (Å²) in [4.78, 5) is 12.1. The van der Waals surface area contributed by atoms with Crippen LogP contribution in [-0.4, -0.2) is 11.7 Å². The maximum Gasteiger partial charge on any atom is 0.420 e. The maximum atomic E-state index is 12.1. The van der Waals surface area contributed by atoms with Crippen LogP contribution >= 0.6 is 7.80 Å². The van der Waals surface area contributed by atoms with Gasteiger partial charge in [-0.2, -0.15) is 0 Å². The lowest BCUT2D eigenvalue weighted by Gasteiger charge is -2.05. The van der Waals surface area contributed by atoms with Crippen molar-refractivity contribution in [2.24, 2.45) is 5.92 Å². The molecule has 1 aromatic rings. The predicted molar refractivity (Wildman–Crippen MR) is 72.3 cm³/mol. The smallest absolute Gasteiger partial charge is 0.234 e. The zero-order valence-corrected chi connectivity index (χ0v) is 12.1. The quantitative estimate of drug-likeness (QED) is 0.750. The van der Waals surface area contributed by atoms with Crippen molar-refractivity contribution in [1.29, 1.82) is 0 Å². The van der Waals surface area contributed by atoms with E-state index < -0.39 is 7.80 Å². The summed E-state index contributed by atoms with van der Waals surface area (Å²) in [5.41, 5.74) is 3.45. The number of hydrogen-bond donors (Lipinski definition) is 0. The molecule has 0 heterocycles. The summed E-state index contributed by atoms with van der Waals surface area (Å²) in [6.07, 6.45) is 0.473. The van der Waals surface area contributed by atoms with Crippen molar-refractivity contribution >= 4 is 13.3 Å². The summed E-state index contributed by atoms with van der Waals surface area (Å²) in [6.45, 7) is 9.78. The molecule has 1 unspecified atom stereocenters. The molecule has 0 amide bonds. The standard InChI is InChI=1S/C14H20O2P/c1-9(2)8-17(16)14(15)13-11(4)6-10(3)7-12(13)5/h6-7,9H,8H2,1-5H3/q+1. The molecule has 0 aromatic heterocycles. The fraction of sp³-hybridized carbons (Fsp3) is 0.500. The Morgan fingerprint density at radius 3 is 2.06 bits per heavy atom. The van der Waals surface area contributed by atoms with Crippen molar-refractivity contribution in [3.05, 3.63) is 34.4 Å². The van der Waals surface area contributed by atoms with Gasteiger partial charge in [0.2, 0.25) is 0 Å². The summed E-state index contributed by atoms with van der Waals surface area (Å²) < 4.78 is 11.9. The monoisotopic (exact) mass is 251 g/mol. The van der Waals surface area contributed by atoms with Crippen LogP contribution in [0, 0.1) is 26.7 Å². The fourth-order valence-electron chi connectivity index (χ4n) is 2.06. The van der Waals surface area contributed by atoms with Crippen LogP contribution in [0.4, 0.5) is 0 Å². The first kappa shape index (κ1) is 14.1. The van der Waals surface area contributed by atoms with Crippen LogP contribution in [0.1, 0.15) is 40.9 Å². The molecular weight excluding hydrogens is 231 g/mol. The second-order valence-electron chi connectivity index (χ2n) is 5.03. The maximum absolute atomic E-state index is 12.1. The highest BCUT2D eigenvalue weighted by Gasteiger charge is 2.32. The Morgan fingerprint density at radius 1 is 1.18 bits per heavy atom. The first-order chi connectivity index (χ1) is 7.82. The molecule has 0 fully saturated rings. The van der Waals surface area contributed by atoms with Gasteiger partial charge in [-0.05, 0) is 37.8 Å². The first-order valence-corrected chi connectivity index (χ1v) is 7.34. The van der Waals surface area contributed by atoms with Crippen LogP contribution in [0.25, 0.3) is 0 Å². The third kappa shape index (κ3) is 3.47. The summed E-state index contributed by atoms with van der Waals surface area (Å²) >= 11 is 0. The van der Waals surface area contributed by atoms with E-state index in [0.29, 0.717) is 11.7 Å². The normalized spacial score (nSPS) is 11.8. The van der Waals surface area contributed by atoms with Crippen molar-refractivity contribution in [2.75, 3.05) is 6.16 Å². The topological polar surface area (TPSA) is 34.1 Å². The lowest BCUT2D eigenvalue weighted by atomic mass is 10.0. The molecule has 3 heteroatoms. The number of aryl methyl sites for hydroxylation is 3. The number of rotatable bonds is 4. The van der Waals surface area contributed by atoms with E-state index in [1.54, 1.807) is 0 Å². The van der Waals surface area contributed by atoms with Crippen LogP contribution in [0.3, 0.4) is 0 Å². The van der Waals surface area contributed by atoms with Gasteiger partial charge >= 0.3 is 13.3 Å². The minimum absolute atomic E-state index is 0.191. The van der Waals surface area contributed by atoms with E-state index in [0.717, 1.165) is 16.7 Å². The molecular formula is C14H20O2P+. The van der Waals surface area contributed by atoms with Crippen molar-refractivity contribution in [3.63, 3.8) is 0 Å². The molecule has 0 N–H and O–H groups in total. The molecule has 0 radical (unpaired) electrons. The van der Waals surface area contributed by atoms with Gasteiger partial charge in [0.05, 0.1) is 5.56 Å². The molecule has 92 valence electrons. The van der Waals surface area contributed by atoms with Gasteiger partial charge in [0.1, 0.15) is 0 Å². The van der Waals surface area contributed by atoms with E-state index in [4.69, 9.17) is 0 Å². The lowest BCUT2D eigenvalue weighted by Crippen LogP contribution is -2.04. The van der Waals surface area contributed by atoms with Crippen molar-refractivity contribution in [2.45, 2.75) is 34.6 Å². The molecule has 0 saturated heterocycles. The number of carbonyl (C=O) groups is 1. The van der Waals surface area contributed by atoms with Gasteiger partial charge < -0.3 is 0 Å². The molecule has 1 atom stereocenters. The second kappa shape index (κ2) is 5.55. The zero-order chi connectivity index (χ0) is 13.2. The summed E-state index contributed by atoms with van der Waals surface area (Å²) in [5, 5.41) is 0. The molecule has 0 aliphatic carbocycles. The molecule has 0 bridgehead atoms. The number of hydrogen-bond acceptors (Lipinski definition) is 2. The lowest BCUT2D eigenvalue weighted by molar-refractivity contribution is 0.107. The van der Waals surface area contributed by atoms with Gasteiger partial charge in [0.25, 0.3) is 0 Å². The van der Waals surface area contributed by atoms with Gasteiger partial charge in [0, 0.05) is 0 Å². The van der Waals surface area contributed by atoms with E-state index in [1.165, 1.54) is 0 Å². The third-order valence-electron chi connectivity index (χ3n) is 2.65. The molecule has 1 rings (SSSR count). The van der Waals surface area contributed by atoms with Crippen LogP contribution < -0.4 is 0 Å². The summed E-state index contributed by atoms with van der Waals surface area (Å²) in [5.74, 6) is 0.286. The Kier molecular flexibility index (Phi) is 4.59. The van der Waals surface area contributed by atoms with Crippen molar-refractivity contribution in [1.82, 2.24) is 0 Å². The van der Waals surface area contributed by atoms with Crippen LogP contribution in [0.5, 0.6) is 0 Å². The molecule has 0 aliphatic heterocycles. The number of carbonyl (C=O) groups excluding carboxylic acids is 1. The molecule has 2 nitrogen and oxygen atoms in total. The van der Waals surface area contributed by atoms with Gasteiger partial charge in [0.15, 0.2) is 6.16 Å². The van der Waals surface area contributed by atoms with E-state index in [2.05, 4.69) is 0 Å². The molecule has 0 aliphatic rings. The Hall–Kier alpha value is -1.01. The summed E-state index contributed by atoms with van der Waals surface area (Å²) in [7, 11) is -1.79. The van der Waals surface area contributed by atoms with Gasteiger partial charge in [-0.3, -0.25) is 0 Å². The highest BCUT2D eigenvalue weighted by Crippen LogP contribution is 2.32. The highest BCUT2D eigenvalue weighted by molar-refractivity contribution is 7.64. The predicted octanol–water partition coefficient (Wildman–Crippen LogP) is 4.24. The molecule has 0 spiro atoms. The Morgan fingerprint density at radius 2 is 1.65 bits per heavy atom. The molecule has 1 aromatic carbocycles. The minimum Gasteiger partial charge on any atom is -0.234 e. The average Bonchev–Trinajstić information content (AvgIpc) is 2.14. The van der Waals surface area contributed by atoms with Crippen molar-refractivity contribution in [3.8, 4) is 0 Å². The highest BCUT2D eigenvalue weighted by atomic mass is 31.1. The molecule has 0 saturated carbocycles. The van der Waals surface area contributed by atoms with Gasteiger partial charge in [-0.25, -0.2) is 4.79 Å².